The summed E-state index contributed by atoms with van der Waals surface area (Å²) in [6, 6.07) is 5.77. The van der Waals surface area contributed by atoms with Crippen molar-refractivity contribution in [2.45, 2.75) is 24.9 Å². The van der Waals surface area contributed by atoms with Gasteiger partial charge in [0.2, 0.25) is 0 Å². The molecule has 2 rings (SSSR count). The third kappa shape index (κ3) is 5.74. The number of alkyl halides is 8. The summed E-state index contributed by atoms with van der Waals surface area (Å²) in [4.78, 5) is 11.3. The van der Waals surface area contributed by atoms with Crippen molar-refractivity contribution >= 4 is 5.97 Å². The first-order chi connectivity index (χ1) is 13.7. The fourth-order valence-corrected chi connectivity index (χ4v) is 2.37. The minimum absolute atomic E-state index is 0.0683. The largest absolute Gasteiger partial charge is 0.573 e. The number of hydrogen-bond donors (Lipinski definition) is 1. The van der Waals surface area contributed by atoms with Gasteiger partial charge in [-0.1, -0.05) is 12.1 Å². The van der Waals surface area contributed by atoms with Gasteiger partial charge in [-0.15, -0.1) is 13.2 Å². The zero-order valence-electron chi connectivity index (χ0n) is 14.7. The Labute approximate surface area is 163 Å². The highest BCUT2D eigenvalue weighted by atomic mass is 19.4. The molecule has 2 aromatic carbocycles. The van der Waals surface area contributed by atoms with E-state index in [0.29, 0.717) is 6.07 Å². The molecule has 0 saturated carbocycles. The number of aromatic carboxylic acids is 1. The van der Waals surface area contributed by atoms with E-state index in [4.69, 9.17) is 9.84 Å². The maximum Gasteiger partial charge on any atom is 0.573 e. The Bertz CT molecular complexity index is 889. The first-order valence-corrected chi connectivity index (χ1v) is 8.00. The van der Waals surface area contributed by atoms with Crippen molar-refractivity contribution in [3.8, 4) is 11.5 Å². The zero-order chi connectivity index (χ0) is 22.7. The molecule has 0 heterocycles. The Kier molecular flexibility index (Phi) is 6.48. The molecular weight excluding hydrogens is 432 g/mol. The van der Waals surface area contributed by atoms with Crippen molar-refractivity contribution in [2.24, 2.45) is 0 Å². The molecule has 0 bridgehead atoms. The number of carboxylic acid groups (broad SMARTS) is 1. The van der Waals surface area contributed by atoms with Gasteiger partial charge in [0, 0.05) is 12.0 Å². The van der Waals surface area contributed by atoms with Crippen molar-refractivity contribution in [2.75, 3.05) is 6.61 Å². The predicted molar refractivity (Wildman–Crippen MR) is 85.7 cm³/mol. The van der Waals surface area contributed by atoms with Crippen molar-refractivity contribution < 1.29 is 54.5 Å². The highest BCUT2D eigenvalue weighted by Gasteiger charge is 2.58. The predicted octanol–water partition coefficient (Wildman–Crippen LogP) is 5.56. The summed E-state index contributed by atoms with van der Waals surface area (Å²) in [5, 5.41) is 9.13. The lowest BCUT2D eigenvalue weighted by Crippen LogP contribution is -2.33. The highest BCUT2D eigenvalue weighted by Crippen LogP contribution is 2.44. The van der Waals surface area contributed by atoms with Crippen molar-refractivity contribution in [3.63, 3.8) is 0 Å². The number of carbonyl (C=O) groups is 1. The third-order valence-corrected chi connectivity index (χ3v) is 3.76. The Morgan fingerprint density at radius 3 is 1.93 bits per heavy atom. The first kappa shape index (κ1) is 23.2. The van der Waals surface area contributed by atoms with Crippen LogP contribution in [0.3, 0.4) is 0 Å². The lowest BCUT2D eigenvalue weighted by atomic mass is 9.98. The topological polar surface area (TPSA) is 55.8 Å². The molecule has 2 aromatic rings. The summed E-state index contributed by atoms with van der Waals surface area (Å²) < 4.78 is 109. The van der Waals surface area contributed by atoms with E-state index in [1.807, 2.05) is 0 Å². The SMILES string of the molecule is O=C(O)c1cc(C(F)(F)C(F)(F)F)ccc1CCOc1ccc(OC(F)(F)F)cc1. The second-order valence-electron chi connectivity index (χ2n) is 5.87. The standard InChI is InChI=1S/C18H12F8O4/c19-16(20,17(21,22)23)11-2-1-10(14(9-11)15(27)28)7-8-29-12-3-5-13(6-4-12)30-18(24,25)26/h1-6,9H,7-8H2,(H,27,28). The Hall–Kier alpha value is -3.05. The quantitative estimate of drug-likeness (QED) is 0.569. The van der Waals surface area contributed by atoms with Gasteiger partial charge >= 0.3 is 24.4 Å². The van der Waals surface area contributed by atoms with Gasteiger partial charge in [-0.25, -0.2) is 4.79 Å². The first-order valence-electron chi connectivity index (χ1n) is 8.00. The second kappa shape index (κ2) is 8.36. The van der Waals surface area contributed by atoms with E-state index in [-0.39, 0.29) is 30.4 Å². The molecule has 0 aliphatic heterocycles. The maximum absolute atomic E-state index is 13.4. The molecule has 0 aromatic heterocycles. The smallest absolute Gasteiger partial charge is 0.493 e. The molecule has 0 saturated heterocycles. The monoisotopic (exact) mass is 444 g/mol. The molecule has 1 N–H and O–H groups in total. The Balaban J connectivity index is 2.09. The maximum atomic E-state index is 13.4. The van der Waals surface area contributed by atoms with Crippen molar-refractivity contribution in [3.05, 3.63) is 59.2 Å². The van der Waals surface area contributed by atoms with Crippen LogP contribution in [0.4, 0.5) is 35.1 Å². The lowest BCUT2D eigenvalue weighted by Gasteiger charge is -2.21. The van der Waals surface area contributed by atoms with Crippen LogP contribution in [0.5, 0.6) is 11.5 Å². The van der Waals surface area contributed by atoms with Crippen LogP contribution in [0.15, 0.2) is 42.5 Å². The number of halogens is 8. The Morgan fingerprint density at radius 1 is 0.867 bits per heavy atom. The van der Waals surface area contributed by atoms with E-state index in [2.05, 4.69) is 4.74 Å². The van der Waals surface area contributed by atoms with E-state index >= 15 is 0 Å². The number of rotatable bonds is 7. The molecule has 4 nitrogen and oxygen atoms in total. The van der Waals surface area contributed by atoms with Crippen LogP contribution in [0.2, 0.25) is 0 Å². The van der Waals surface area contributed by atoms with Crippen LogP contribution in [0.1, 0.15) is 21.5 Å². The van der Waals surface area contributed by atoms with Gasteiger partial charge in [0.1, 0.15) is 11.5 Å². The molecule has 0 spiro atoms. The summed E-state index contributed by atoms with van der Waals surface area (Å²) in [6.07, 6.45) is -10.9. The number of benzene rings is 2. The van der Waals surface area contributed by atoms with E-state index in [1.165, 1.54) is 0 Å². The average molecular weight is 444 g/mol. The van der Waals surface area contributed by atoms with Gasteiger partial charge in [0.25, 0.3) is 0 Å². The van der Waals surface area contributed by atoms with Gasteiger partial charge in [-0.05, 0) is 35.9 Å². The Morgan fingerprint density at radius 2 is 1.43 bits per heavy atom. The molecule has 164 valence electrons. The minimum atomic E-state index is -5.89. The van der Waals surface area contributed by atoms with Crippen LogP contribution >= 0.6 is 0 Å². The molecule has 0 fully saturated rings. The van der Waals surface area contributed by atoms with E-state index in [9.17, 15) is 39.9 Å². The molecule has 0 aliphatic rings. The zero-order valence-corrected chi connectivity index (χ0v) is 14.7. The summed E-state index contributed by atoms with van der Waals surface area (Å²) in [5.74, 6) is -7.34. The summed E-state index contributed by atoms with van der Waals surface area (Å²) in [6.45, 7) is -0.227. The molecule has 30 heavy (non-hydrogen) atoms. The van der Waals surface area contributed by atoms with Gasteiger partial charge in [-0.2, -0.15) is 22.0 Å². The molecule has 0 radical (unpaired) electrons. The minimum Gasteiger partial charge on any atom is -0.493 e. The van der Waals surface area contributed by atoms with Crippen LogP contribution in [0.25, 0.3) is 0 Å². The van der Waals surface area contributed by atoms with Gasteiger partial charge in [0.05, 0.1) is 12.2 Å². The van der Waals surface area contributed by atoms with Gasteiger partial charge < -0.3 is 14.6 Å². The average Bonchev–Trinajstić information content (AvgIpc) is 2.61. The van der Waals surface area contributed by atoms with E-state index in [1.54, 1.807) is 0 Å². The van der Waals surface area contributed by atoms with Crippen LogP contribution in [-0.4, -0.2) is 30.2 Å². The summed E-state index contributed by atoms with van der Waals surface area (Å²) >= 11 is 0. The summed E-state index contributed by atoms with van der Waals surface area (Å²) in [5.41, 5.74) is -2.34. The van der Waals surface area contributed by atoms with Crippen LogP contribution in [-0.2, 0) is 12.3 Å². The third-order valence-electron chi connectivity index (χ3n) is 3.76. The van der Waals surface area contributed by atoms with E-state index < -0.39 is 41.3 Å². The highest BCUT2D eigenvalue weighted by molar-refractivity contribution is 5.89. The fraction of sp³-hybridized carbons (Fsp3) is 0.278. The normalized spacial score (nSPS) is 12.5. The second-order valence-corrected chi connectivity index (χ2v) is 5.87. The van der Waals surface area contributed by atoms with Gasteiger partial charge in [-0.3, -0.25) is 0 Å². The lowest BCUT2D eigenvalue weighted by molar-refractivity contribution is -0.289. The molecule has 12 heteroatoms. The van der Waals surface area contributed by atoms with E-state index in [0.717, 1.165) is 30.3 Å². The molecular formula is C18H12F8O4. The molecule has 0 atom stereocenters. The van der Waals surface area contributed by atoms with Gasteiger partial charge in [0.15, 0.2) is 0 Å². The van der Waals surface area contributed by atoms with Crippen LogP contribution < -0.4 is 9.47 Å². The molecule has 0 amide bonds. The number of carboxylic acids is 1. The fourth-order valence-electron chi connectivity index (χ4n) is 2.37. The van der Waals surface area contributed by atoms with Crippen molar-refractivity contribution in [1.29, 1.82) is 0 Å². The molecule has 0 aliphatic carbocycles. The van der Waals surface area contributed by atoms with Crippen molar-refractivity contribution in [1.82, 2.24) is 0 Å². The number of hydrogen-bond acceptors (Lipinski definition) is 3. The van der Waals surface area contributed by atoms with Crippen LogP contribution in [0, 0.1) is 0 Å². The summed E-state index contributed by atoms with van der Waals surface area (Å²) in [7, 11) is 0. The molecule has 0 unspecified atom stereocenters. The number of ether oxygens (including phenoxy) is 2.